The van der Waals surface area contributed by atoms with Gasteiger partial charge in [-0.1, -0.05) is 11.6 Å². The fourth-order valence-corrected chi connectivity index (χ4v) is 3.01. The summed E-state index contributed by atoms with van der Waals surface area (Å²) in [6, 6.07) is 6.15. The molecule has 4 nitrogen and oxygen atoms in total. The molecule has 1 fully saturated rings. The zero-order chi connectivity index (χ0) is 11.6. The molecular formula is C10H12ClNO3S. The van der Waals surface area contributed by atoms with E-state index in [9.17, 15) is 8.42 Å². The minimum Gasteiger partial charge on any atom is -0.365 e. The molecule has 2 rings (SSSR count). The molecule has 1 aromatic rings. The molecule has 0 saturated carbocycles. The van der Waals surface area contributed by atoms with Crippen LogP contribution >= 0.6 is 11.6 Å². The van der Waals surface area contributed by atoms with E-state index in [1.165, 1.54) is 16.4 Å². The highest BCUT2D eigenvalue weighted by Crippen LogP contribution is 2.19. The van der Waals surface area contributed by atoms with Crippen LogP contribution in [0, 0.1) is 0 Å². The van der Waals surface area contributed by atoms with Crippen LogP contribution in [0.2, 0.25) is 5.02 Å². The van der Waals surface area contributed by atoms with Gasteiger partial charge in [0.15, 0.2) is 0 Å². The number of rotatable bonds is 2. The molecule has 0 spiro atoms. The molecule has 6 heteroatoms. The molecule has 0 bridgehead atoms. The highest BCUT2D eigenvalue weighted by Gasteiger charge is 2.26. The predicted molar refractivity (Wildman–Crippen MR) is 60.8 cm³/mol. The quantitative estimate of drug-likeness (QED) is 0.814. The normalized spacial score (nSPS) is 18.6. The highest BCUT2D eigenvalue weighted by atomic mass is 35.5. The molecule has 1 aliphatic rings. The summed E-state index contributed by atoms with van der Waals surface area (Å²) in [7, 11) is -3.43. The highest BCUT2D eigenvalue weighted by molar-refractivity contribution is 7.89. The first-order chi connectivity index (χ1) is 7.60. The molecule has 1 aliphatic heterocycles. The van der Waals surface area contributed by atoms with Crippen LogP contribution in [0.5, 0.6) is 0 Å². The number of hydrogen-bond acceptors (Lipinski definition) is 3. The largest absolute Gasteiger partial charge is 0.365 e. The third kappa shape index (κ3) is 2.38. The fraction of sp³-hybridized carbons (Fsp3) is 0.400. The first-order valence-corrected chi connectivity index (χ1v) is 6.76. The maximum atomic E-state index is 12.1. The zero-order valence-electron chi connectivity index (χ0n) is 8.60. The van der Waals surface area contributed by atoms with E-state index in [-0.39, 0.29) is 11.6 Å². The van der Waals surface area contributed by atoms with Gasteiger partial charge in [0.05, 0.1) is 4.90 Å². The number of ether oxygens (including phenoxy) is 1. The Morgan fingerprint density at radius 3 is 2.50 bits per heavy atom. The van der Waals surface area contributed by atoms with Gasteiger partial charge in [0.25, 0.3) is 0 Å². The second-order valence-corrected chi connectivity index (χ2v) is 5.90. The average molecular weight is 262 g/mol. The second kappa shape index (κ2) is 4.71. The van der Waals surface area contributed by atoms with E-state index < -0.39 is 10.0 Å². The Labute approximate surface area is 99.8 Å². The van der Waals surface area contributed by atoms with E-state index in [0.29, 0.717) is 18.2 Å². The Morgan fingerprint density at radius 1 is 1.25 bits per heavy atom. The lowest BCUT2D eigenvalue weighted by Crippen LogP contribution is -2.38. The molecule has 1 heterocycles. The standard InChI is InChI=1S/C10H12ClNO3S/c11-9-2-4-10(5-3-9)16(13,14)12-6-1-7-15-8-12/h2-5H,1,6-8H2. The number of sulfonamides is 1. The third-order valence-corrected chi connectivity index (χ3v) is 4.47. The lowest BCUT2D eigenvalue weighted by molar-refractivity contribution is 0.0313. The van der Waals surface area contributed by atoms with Gasteiger partial charge in [0.2, 0.25) is 10.0 Å². The van der Waals surface area contributed by atoms with E-state index >= 15 is 0 Å². The Morgan fingerprint density at radius 2 is 1.94 bits per heavy atom. The summed E-state index contributed by atoms with van der Waals surface area (Å²) < 4.78 is 30.7. The van der Waals surface area contributed by atoms with Crippen molar-refractivity contribution < 1.29 is 13.2 Å². The monoisotopic (exact) mass is 261 g/mol. The Balaban J connectivity index is 2.27. The van der Waals surface area contributed by atoms with Gasteiger partial charge in [-0.2, -0.15) is 4.31 Å². The van der Waals surface area contributed by atoms with Crippen molar-refractivity contribution in [1.29, 1.82) is 0 Å². The van der Waals surface area contributed by atoms with Crippen molar-refractivity contribution in [3.8, 4) is 0 Å². The van der Waals surface area contributed by atoms with Crippen LogP contribution < -0.4 is 0 Å². The number of nitrogens with zero attached hydrogens (tertiary/aromatic N) is 1. The van der Waals surface area contributed by atoms with E-state index in [1.807, 2.05) is 0 Å². The van der Waals surface area contributed by atoms with Crippen LogP contribution in [0.3, 0.4) is 0 Å². The molecular weight excluding hydrogens is 250 g/mol. The molecule has 0 unspecified atom stereocenters. The Hall–Kier alpha value is -0.620. The fourth-order valence-electron chi connectivity index (χ4n) is 1.52. The third-order valence-electron chi connectivity index (χ3n) is 2.38. The van der Waals surface area contributed by atoms with E-state index in [2.05, 4.69) is 0 Å². The van der Waals surface area contributed by atoms with E-state index in [0.717, 1.165) is 6.42 Å². The van der Waals surface area contributed by atoms with E-state index in [1.54, 1.807) is 12.1 Å². The van der Waals surface area contributed by atoms with Crippen LogP contribution in [0.1, 0.15) is 6.42 Å². The first kappa shape index (κ1) is 11.9. The van der Waals surface area contributed by atoms with Crippen molar-refractivity contribution in [1.82, 2.24) is 4.31 Å². The van der Waals surface area contributed by atoms with Gasteiger partial charge in [-0.3, -0.25) is 0 Å². The molecule has 1 saturated heterocycles. The predicted octanol–water partition coefficient (Wildman–Crippen LogP) is 1.71. The van der Waals surface area contributed by atoms with E-state index in [4.69, 9.17) is 16.3 Å². The van der Waals surface area contributed by atoms with Crippen LogP contribution in [0.25, 0.3) is 0 Å². The van der Waals surface area contributed by atoms with Gasteiger partial charge < -0.3 is 4.74 Å². The summed E-state index contributed by atoms with van der Waals surface area (Å²) in [6.45, 7) is 1.25. The minimum atomic E-state index is -3.43. The summed E-state index contributed by atoms with van der Waals surface area (Å²) in [5.74, 6) is 0. The zero-order valence-corrected chi connectivity index (χ0v) is 10.2. The van der Waals surface area contributed by atoms with Crippen molar-refractivity contribution in [2.75, 3.05) is 19.9 Å². The van der Waals surface area contributed by atoms with Crippen LogP contribution in [-0.2, 0) is 14.8 Å². The van der Waals surface area contributed by atoms with Crippen LogP contribution in [-0.4, -0.2) is 32.6 Å². The van der Waals surface area contributed by atoms with Crippen molar-refractivity contribution >= 4 is 21.6 Å². The summed E-state index contributed by atoms with van der Waals surface area (Å²) >= 11 is 5.71. The lowest BCUT2D eigenvalue weighted by atomic mass is 10.4. The smallest absolute Gasteiger partial charge is 0.245 e. The van der Waals surface area contributed by atoms with Gasteiger partial charge in [0, 0.05) is 18.2 Å². The van der Waals surface area contributed by atoms with Gasteiger partial charge in [0.1, 0.15) is 6.73 Å². The molecule has 0 N–H and O–H groups in total. The molecule has 0 atom stereocenters. The number of halogens is 1. The first-order valence-electron chi connectivity index (χ1n) is 4.94. The average Bonchev–Trinajstić information content (AvgIpc) is 2.31. The molecule has 0 amide bonds. The summed E-state index contributed by atoms with van der Waals surface area (Å²) in [5.41, 5.74) is 0. The van der Waals surface area contributed by atoms with Gasteiger partial charge in [-0.25, -0.2) is 8.42 Å². The molecule has 16 heavy (non-hydrogen) atoms. The Bertz CT molecular complexity index is 451. The van der Waals surface area contributed by atoms with Gasteiger partial charge in [-0.15, -0.1) is 0 Å². The van der Waals surface area contributed by atoms with Gasteiger partial charge in [-0.05, 0) is 30.7 Å². The van der Waals surface area contributed by atoms with Crippen molar-refractivity contribution in [2.24, 2.45) is 0 Å². The maximum Gasteiger partial charge on any atom is 0.245 e. The SMILES string of the molecule is O=S(=O)(c1ccc(Cl)cc1)N1CCCOC1. The molecule has 88 valence electrons. The van der Waals surface area contributed by atoms with Crippen molar-refractivity contribution in [3.63, 3.8) is 0 Å². The van der Waals surface area contributed by atoms with Crippen molar-refractivity contribution in [3.05, 3.63) is 29.3 Å². The topological polar surface area (TPSA) is 46.6 Å². The molecule has 1 aromatic carbocycles. The second-order valence-electron chi connectivity index (χ2n) is 3.53. The van der Waals surface area contributed by atoms with Crippen LogP contribution in [0.15, 0.2) is 29.2 Å². The number of benzene rings is 1. The lowest BCUT2D eigenvalue weighted by Gasteiger charge is -2.25. The summed E-state index contributed by atoms with van der Waals surface area (Å²) in [5, 5.41) is 0.522. The molecule has 0 radical (unpaired) electrons. The Kier molecular flexibility index (Phi) is 3.49. The summed E-state index contributed by atoms with van der Waals surface area (Å²) in [4.78, 5) is 0.252. The van der Waals surface area contributed by atoms with Crippen molar-refractivity contribution in [2.45, 2.75) is 11.3 Å². The summed E-state index contributed by atoms with van der Waals surface area (Å²) in [6.07, 6.45) is 0.729. The maximum absolute atomic E-state index is 12.1. The van der Waals surface area contributed by atoms with Gasteiger partial charge >= 0.3 is 0 Å². The van der Waals surface area contributed by atoms with Crippen LogP contribution in [0.4, 0.5) is 0 Å². The molecule has 0 aromatic heterocycles. The number of hydrogen-bond donors (Lipinski definition) is 0. The minimum absolute atomic E-state index is 0.130. The molecule has 0 aliphatic carbocycles.